The van der Waals surface area contributed by atoms with Gasteiger partial charge in [0, 0.05) is 33.4 Å². The van der Waals surface area contributed by atoms with Gasteiger partial charge in [-0.25, -0.2) is 0 Å². The zero-order chi connectivity index (χ0) is 10.4. The lowest BCUT2D eigenvalue weighted by molar-refractivity contribution is -0.104. The predicted octanol–water partition coefficient (Wildman–Crippen LogP) is 0.762. The molecule has 0 spiro atoms. The van der Waals surface area contributed by atoms with Crippen LogP contribution in [0.5, 0.6) is 0 Å². The molecule has 1 saturated carbocycles. The number of rotatable bonds is 7. The fourth-order valence-electron chi connectivity index (χ4n) is 1.63. The third-order valence-electron chi connectivity index (χ3n) is 2.60. The Bertz CT molecular complexity index is 144. The van der Waals surface area contributed by atoms with Gasteiger partial charge in [-0.15, -0.1) is 0 Å². The minimum atomic E-state index is -0.138. The fraction of sp³-hybridized carbons (Fsp3) is 1.00. The van der Waals surface area contributed by atoms with Crippen molar-refractivity contribution < 1.29 is 14.2 Å². The van der Waals surface area contributed by atoms with Crippen molar-refractivity contribution in [3.63, 3.8) is 0 Å². The van der Waals surface area contributed by atoms with E-state index in [0.29, 0.717) is 12.1 Å². The Kier molecular flexibility index (Phi) is 5.40. The Hall–Kier alpha value is -0.160. The molecule has 0 aromatic carbocycles. The lowest BCUT2D eigenvalue weighted by Crippen LogP contribution is -2.48. The number of methoxy groups -OCH3 is 2. The summed E-state index contributed by atoms with van der Waals surface area (Å²) in [6.45, 7) is 3.60. The number of hydrogen-bond donors (Lipinski definition) is 1. The SMILES string of the molecule is CCOC1CC(NCC(OC)OC)C1. The van der Waals surface area contributed by atoms with Crippen molar-refractivity contribution in [1.29, 1.82) is 0 Å². The largest absolute Gasteiger partial charge is 0.378 e. The summed E-state index contributed by atoms with van der Waals surface area (Å²) in [6, 6.07) is 0.569. The Balaban J connectivity index is 1.99. The monoisotopic (exact) mass is 203 g/mol. The van der Waals surface area contributed by atoms with Crippen LogP contribution in [0, 0.1) is 0 Å². The summed E-state index contributed by atoms with van der Waals surface area (Å²) in [6.07, 6.45) is 2.53. The van der Waals surface area contributed by atoms with E-state index < -0.39 is 0 Å². The van der Waals surface area contributed by atoms with Crippen LogP contribution in [-0.2, 0) is 14.2 Å². The topological polar surface area (TPSA) is 39.7 Å². The van der Waals surface area contributed by atoms with Crippen molar-refractivity contribution in [2.45, 2.75) is 38.2 Å². The first-order valence-corrected chi connectivity index (χ1v) is 5.20. The molecule has 84 valence electrons. The van der Waals surface area contributed by atoms with Gasteiger partial charge in [-0.1, -0.05) is 0 Å². The van der Waals surface area contributed by atoms with Crippen LogP contribution < -0.4 is 5.32 Å². The van der Waals surface area contributed by atoms with Crippen LogP contribution >= 0.6 is 0 Å². The summed E-state index contributed by atoms with van der Waals surface area (Å²) in [4.78, 5) is 0. The molecule has 0 radical (unpaired) electrons. The second-order valence-corrected chi connectivity index (χ2v) is 3.55. The van der Waals surface area contributed by atoms with Crippen LogP contribution in [-0.4, -0.2) is 45.8 Å². The standard InChI is InChI=1S/C10H21NO3/c1-4-14-9-5-8(6-9)11-7-10(12-2)13-3/h8-11H,4-7H2,1-3H3. The van der Waals surface area contributed by atoms with E-state index in [1.54, 1.807) is 14.2 Å². The molecule has 4 heteroatoms. The van der Waals surface area contributed by atoms with Gasteiger partial charge in [0.25, 0.3) is 0 Å². The quantitative estimate of drug-likeness (QED) is 0.620. The zero-order valence-corrected chi connectivity index (χ0v) is 9.29. The maximum Gasteiger partial charge on any atom is 0.169 e. The van der Waals surface area contributed by atoms with E-state index in [2.05, 4.69) is 5.32 Å². The number of ether oxygens (including phenoxy) is 3. The molecular weight excluding hydrogens is 182 g/mol. The predicted molar refractivity (Wildman–Crippen MR) is 54.2 cm³/mol. The number of hydrogen-bond acceptors (Lipinski definition) is 4. The van der Waals surface area contributed by atoms with Crippen molar-refractivity contribution in [3.8, 4) is 0 Å². The molecule has 0 bridgehead atoms. The highest BCUT2D eigenvalue weighted by atomic mass is 16.7. The lowest BCUT2D eigenvalue weighted by Gasteiger charge is -2.36. The first-order valence-electron chi connectivity index (χ1n) is 5.20. The summed E-state index contributed by atoms with van der Waals surface area (Å²) in [5.74, 6) is 0. The molecule has 1 N–H and O–H groups in total. The highest BCUT2D eigenvalue weighted by Crippen LogP contribution is 2.22. The van der Waals surface area contributed by atoms with Crippen LogP contribution in [0.15, 0.2) is 0 Å². The smallest absolute Gasteiger partial charge is 0.169 e. The number of nitrogens with one attached hydrogen (secondary N) is 1. The Labute approximate surface area is 85.9 Å². The molecule has 0 saturated heterocycles. The van der Waals surface area contributed by atoms with E-state index in [4.69, 9.17) is 14.2 Å². The summed E-state index contributed by atoms with van der Waals surface area (Å²) in [7, 11) is 3.30. The van der Waals surface area contributed by atoms with Gasteiger partial charge in [-0.3, -0.25) is 0 Å². The molecule has 0 amide bonds. The van der Waals surface area contributed by atoms with Gasteiger partial charge in [0.1, 0.15) is 0 Å². The Morgan fingerprint density at radius 1 is 1.29 bits per heavy atom. The van der Waals surface area contributed by atoms with Crippen LogP contribution in [0.4, 0.5) is 0 Å². The second kappa shape index (κ2) is 6.35. The maximum absolute atomic E-state index is 5.47. The first-order chi connectivity index (χ1) is 6.80. The highest BCUT2D eigenvalue weighted by molar-refractivity contribution is 4.86. The maximum atomic E-state index is 5.47. The van der Waals surface area contributed by atoms with Crippen molar-refractivity contribution >= 4 is 0 Å². The molecule has 0 aliphatic heterocycles. The molecule has 0 atom stereocenters. The molecule has 14 heavy (non-hydrogen) atoms. The van der Waals surface area contributed by atoms with E-state index in [0.717, 1.165) is 26.0 Å². The van der Waals surface area contributed by atoms with Crippen molar-refractivity contribution in [2.75, 3.05) is 27.4 Å². The first kappa shape index (κ1) is 11.9. The molecule has 0 aromatic rings. The van der Waals surface area contributed by atoms with Crippen LogP contribution in [0.3, 0.4) is 0 Å². The molecule has 0 unspecified atom stereocenters. The molecule has 1 fully saturated rings. The average molecular weight is 203 g/mol. The van der Waals surface area contributed by atoms with Crippen LogP contribution in [0.25, 0.3) is 0 Å². The highest BCUT2D eigenvalue weighted by Gasteiger charge is 2.29. The van der Waals surface area contributed by atoms with Crippen molar-refractivity contribution in [3.05, 3.63) is 0 Å². The van der Waals surface area contributed by atoms with E-state index >= 15 is 0 Å². The van der Waals surface area contributed by atoms with E-state index in [1.807, 2.05) is 6.92 Å². The van der Waals surface area contributed by atoms with Gasteiger partial charge in [0.2, 0.25) is 0 Å². The molecule has 0 heterocycles. The molecule has 1 aliphatic carbocycles. The van der Waals surface area contributed by atoms with E-state index in [1.165, 1.54) is 0 Å². The van der Waals surface area contributed by atoms with Gasteiger partial charge in [0.15, 0.2) is 6.29 Å². The van der Waals surface area contributed by atoms with Crippen molar-refractivity contribution in [1.82, 2.24) is 5.32 Å². The Morgan fingerprint density at radius 3 is 2.43 bits per heavy atom. The lowest BCUT2D eigenvalue weighted by atomic mass is 9.89. The normalized spacial score (nSPS) is 26.6. The zero-order valence-electron chi connectivity index (χ0n) is 9.29. The minimum Gasteiger partial charge on any atom is -0.378 e. The van der Waals surface area contributed by atoms with Gasteiger partial charge >= 0.3 is 0 Å². The summed E-state index contributed by atoms with van der Waals surface area (Å²) in [5, 5.41) is 3.38. The van der Waals surface area contributed by atoms with Crippen molar-refractivity contribution in [2.24, 2.45) is 0 Å². The molecule has 4 nitrogen and oxygen atoms in total. The molecular formula is C10H21NO3. The minimum absolute atomic E-state index is 0.138. The summed E-state index contributed by atoms with van der Waals surface area (Å²) < 4.78 is 15.6. The second-order valence-electron chi connectivity index (χ2n) is 3.55. The molecule has 1 rings (SSSR count). The fourth-order valence-corrected chi connectivity index (χ4v) is 1.63. The van der Waals surface area contributed by atoms with E-state index in [9.17, 15) is 0 Å². The Morgan fingerprint density at radius 2 is 1.93 bits per heavy atom. The van der Waals surface area contributed by atoms with Crippen LogP contribution in [0.1, 0.15) is 19.8 Å². The van der Waals surface area contributed by atoms with Gasteiger partial charge < -0.3 is 19.5 Å². The van der Waals surface area contributed by atoms with Gasteiger partial charge in [0.05, 0.1) is 6.10 Å². The molecule has 0 aromatic heterocycles. The third kappa shape index (κ3) is 3.53. The van der Waals surface area contributed by atoms with E-state index in [-0.39, 0.29) is 6.29 Å². The van der Waals surface area contributed by atoms with Gasteiger partial charge in [-0.05, 0) is 19.8 Å². The summed E-state index contributed by atoms with van der Waals surface area (Å²) in [5.41, 5.74) is 0. The third-order valence-corrected chi connectivity index (χ3v) is 2.60. The average Bonchev–Trinajstić information content (AvgIpc) is 2.15. The van der Waals surface area contributed by atoms with Gasteiger partial charge in [-0.2, -0.15) is 0 Å². The summed E-state index contributed by atoms with van der Waals surface area (Å²) >= 11 is 0. The van der Waals surface area contributed by atoms with Crippen LogP contribution in [0.2, 0.25) is 0 Å². The molecule has 1 aliphatic rings.